The van der Waals surface area contributed by atoms with Crippen molar-refractivity contribution in [3.8, 4) is 0 Å². The molecule has 1 aromatic carbocycles. The van der Waals surface area contributed by atoms with Crippen molar-refractivity contribution >= 4 is 23.2 Å². The molecule has 3 saturated heterocycles. The summed E-state index contributed by atoms with van der Waals surface area (Å²) in [5.74, 6) is -1.64. The predicted octanol–water partition coefficient (Wildman–Crippen LogP) is 1.59. The Morgan fingerprint density at radius 2 is 1.54 bits per heavy atom. The van der Waals surface area contributed by atoms with E-state index in [0.717, 1.165) is 18.8 Å². The summed E-state index contributed by atoms with van der Waals surface area (Å²) in [5, 5.41) is 2.71. The van der Waals surface area contributed by atoms with E-state index in [-0.39, 0.29) is 0 Å². The molecule has 26 heavy (non-hydrogen) atoms. The molecule has 1 N–H and O–H groups in total. The highest BCUT2D eigenvalue weighted by Crippen LogP contribution is 2.31. The average molecular weight is 359 g/mol. The molecule has 3 fully saturated rings. The van der Waals surface area contributed by atoms with Crippen LogP contribution in [0.5, 0.6) is 0 Å². The molecule has 0 aliphatic carbocycles. The Kier molecular flexibility index (Phi) is 4.82. The van der Waals surface area contributed by atoms with Gasteiger partial charge in [-0.25, -0.2) is 0 Å². The number of amides is 2. The molecular formula is C19H25N3O4. The monoisotopic (exact) mass is 359 g/mol. The Labute approximate surface area is 153 Å². The van der Waals surface area contributed by atoms with Crippen LogP contribution in [0.3, 0.4) is 0 Å². The van der Waals surface area contributed by atoms with Gasteiger partial charge in [-0.2, -0.15) is 0 Å². The fourth-order valence-electron chi connectivity index (χ4n) is 3.90. The number of nitrogens with zero attached hydrogens (tertiary/aromatic N) is 2. The maximum absolute atomic E-state index is 12.4. The number of hydrogen-bond acceptors (Lipinski definition) is 5. The van der Waals surface area contributed by atoms with Gasteiger partial charge in [0.1, 0.15) is 0 Å². The molecule has 3 aliphatic heterocycles. The van der Waals surface area contributed by atoms with E-state index < -0.39 is 17.6 Å². The Bertz CT molecular complexity index is 654. The first-order valence-corrected chi connectivity index (χ1v) is 9.38. The zero-order valence-corrected chi connectivity index (χ0v) is 14.9. The smallest absolute Gasteiger partial charge is 0.313 e. The van der Waals surface area contributed by atoms with Gasteiger partial charge in [0, 0.05) is 50.4 Å². The third-order valence-electron chi connectivity index (χ3n) is 5.42. The molecule has 0 bridgehead atoms. The van der Waals surface area contributed by atoms with Crippen LogP contribution >= 0.6 is 0 Å². The lowest BCUT2D eigenvalue weighted by Crippen LogP contribution is -2.50. The quantitative estimate of drug-likeness (QED) is 0.812. The number of nitrogens with one attached hydrogen (secondary N) is 1. The molecule has 1 aromatic rings. The van der Waals surface area contributed by atoms with Crippen LogP contribution < -0.4 is 10.2 Å². The highest BCUT2D eigenvalue weighted by atomic mass is 16.7. The molecule has 3 aliphatic rings. The zero-order valence-electron chi connectivity index (χ0n) is 14.9. The van der Waals surface area contributed by atoms with Gasteiger partial charge in [0.25, 0.3) is 0 Å². The second-order valence-electron chi connectivity index (χ2n) is 7.09. The molecule has 140 valence electrons. The number of carbonyl (C=O) groups excluding carboxylic acids is 2. The maximum atomic E-state index is 12.4. The lowest BCUT2D eigenvalue weighted by Gasteiger charge is -2.37. The number of anilines is 2. The van der Waals surface area contributed by atoms with Crippen molar-refractivity contribution in [3.05, 3.63) is 24.3 Å². The van der Waals surface area contributed by atoms with Crippen molar-refractivity contribution in [2.24, 2.45) is 0 Å². The number of ether oxygens (including phenoxy) is 2. The molecule has 4 rings (SSSR count). The molecule has 0 aromatic heterocycles. The third-order valence-corrected chi connectivity index (χ3v) is 5.42. The van der Waals surface area contributed by atoms with E-state index in [2.05, 4.69) is 10.2 Å². The van der Waals surface area contributed by atoms with Crippen LogP contribution in [-0.4, -0.2) is 61.9 Å². The standard InChI is InChI=1S/C19H25N3O4/c23-17(18(24)22-11-7-19(8-12-22)25-13-14-26-19)20-15-3-5-16(6-4-15)21-9-1-2-10-21/h3-6H,1-2,7-14H2,(H,20,23). The van der Waals surface area contributed by atoms with Crippen LogP contribution in [0.25, 0.3) is 0 Å². The van der Waals surface area contributed by atoms with Crippen molar-refractivity contribution in [2.45, 2.75) is 31.5 Å². The van der Waals surface area contributed by atoms with E-state index in [4.69, 9.17) is 9.47 Å². The fourth-order valence-corrected chi connectivity index (χ4v) is 3.90. The maximum Gasteiger partial charge on any atom is 0.313 e. The first kappa shape index (κ1) is 17.3. The molecule has 0 atom stereocenters. The van der Waals surface area contributed by atoms with E-state index in [1.807, 2.05) is 24.3 Å². The third kappa shape index (κ3) is 3.54. The minimum absolute atomic E-state index is 0.472. The van der Waals surface area contributed by atoms with Crippen molar-refractivity contribution in [1.29, 1.82) is 0 Å². The van der Waals surface area contributed by atoms with E-state index in [0.29, 0.717) is 44.8 Å². The normalized spacial score (nSPS) is 22.0. The fraction of sp³-hybridized carbons (Fsp3) is 0.579. The van der Waals surface area contributed by atoms with Crippen molar-refractivity contribution < 1.29 is 19.1 Å². The Hall–Kier alpha value is -2.12. The number of rotatable bonds is 2. The second kappa shape index (κ2) is 7.25. The predicted molar refractivity (Wildman–Crippen MR) is 97.0 cm³/mol. The molecule has 0 saturated carbocycles. The van der Waals surface area contributed by atoms with Crippen LogP contribution in [0.4, 0.5) is 11.4 Å². The van der Waals surface area contributed by atoms with Crippen molar-refractivity contribution in [2.75, 3.05) is 49.6 Å². The highest BCUT2D eigenvalue weighted by molar-refractivity contribution is 6.39. The van der Waals surface area contributed by atoms with Crippen LogP contribution in [0, 0.1) is 0 Å². The van der Waals surface area contributed by atoms with Crippen LogP contribution in [0.1, 0.15) is 25.7 Å². The van der Waals surface area contributed by atoms with Gasteiger partial charge < -0.3 is 24.6 Å². The highest BCUT2D eigenvalue weighted by Gasteiger charge is 2.41. The summed E-state index contributed by atoms with van der Waals surface area (Å²) in [7, 11) is 0. The topological polar surface area (TPSA) is 71.1 Å². The number of piperidine rings is 1. The number of likely N-dealkylation sites (tertiary alicyclic amines) is 1. The van der Waals surface area contributed by atoms with Crippen LogP contribution in [-0.2, 0) is 19.1 Å². The molecule has 7 heteroatoms. The largest absolute Gasteiger partial charge is 0.372 e. The van der Waals surface area contributed by atoms with Gasteiger partial charge in [0.05, 0.1) is 13.2 Å². The van der Waals surface area contributed by atoms with E-state index in [1.165, 1.54) is 12.8 Å². The zero-order chi connectivity index (χ0) is 18.0. The summed E-state index contributed by atoms with van der Waals surface area (Å²) in [6.45, 7) is 4.30. The van der Waals surface area contributed by atoms with Gasteiger partial charge in [-0.15, -0.1) is 0 Å². The molecule has 3 heterocycles. The summed E-state index contributed by atoms with van der Waals surface area (Å²) in [6.07, 6.45) is 3.66. The van der Waals surface area contributed by atoms with Crippen LogP contribution in [0.2, 0.25) is 0 Å². The minimum Gasteiger partial charge on any atom is -0.372 e. The van der Waals surface area contributed by atoms with Gasteiger partial charge in [0.2, 0.25) is 0 Å². The summed E-state index contributed by atoms with van der Waals surface area (Å²) in [4.78, 5) is 28.6. The molecule has 1 spiro atoms. The first-order valence-electron chi connectivity index (χ1n) is 9.38. The van der Waals surface area contributed by atoms with Gasteiger partial charge in [-0.3, -0.25) is 9.59 Å². The second-order valence-corrected chi connectivity index (χ2v) is 7.09. The summed E-state index contributed by atoms with van der Waals surface area (Å²) in [5.41, 5.74) is 1.80. The lowest BCUT2D eigenvalue weighted by molar-refractivity contribution is -0.187. The summed E-state index contributed by atoms with van der Waals surface area (Å²) >= 11 is 0. The average Bonchev–Trinajstić information content (AvgIpc) is 3.35. The van der Waals surface area contributed by atoms with Crippen molar-refractivity contribution in [3.63, 3.8) is 0 Å². The SMILES string of the molecule is O=C(Nc1ccc(N2CCCC2)cc1)C(=O)N1CCC2(CC1)OCCO2. The van der Waals surface area contributed by atoms with Crippen LogP contribution in [0.15, 0.2) is 24.3 Å². The molecule has 2 amide bonds. The minimum atomic E-state index is -0.594. The van der Waals surface area contributed by atoms with Crippen molar-refractivity contribution in [1.82, 2.24) is 4.90 Å². The lowest BCUT2D eigenvalue weighted by atomic mass is 10.0. The van der Waals surface area contributed by atoms with E-state index in [9.17, 15) is 9.59 Å². The Morgan fingerprint density at radius 1 is 0.923 bits per heavy atom. The first-order chi connectivity index (χ1) is 12.7. The van der Waals surface area contributed by atoms with E-state index in [1.54, 1.807) is 4.90 Å². The molecule has 0 unspecified atom stereocenters. The number of hydrogen-bond donors (Lipinski definition) is 1. The molecular weight excluding hydrogens is 334 g/mol. The number of carbonyl (C=O) groups is 2. The Morgan fingerprint density at radius 3 is 2.15 bits per heavy atom. The molecule has 7 nitrogen and oxygen atoms in total. The molecule has 0 radical (unpaired) electrons. The van der Waals surface area contributed by atoms with E-state index >= 15 is 0 Å². The van der Waals surface area contributed by atoms with Gasteiger partial charge in [0.15, 0.2) is 5.79 Å². The summed E-state index contributed by atoms with van der Waals surface area (Å²) < 4.78 is 11.3. The van der Waals surface area contributed by atoms with Gasteiger partial charge in [-0.1, -0.05) is 0 Å². The van der Waals surface area contributed by atoms with Gasteiger partial charge in [-0.05, 0) is 37.1 Å². The number of benzene rings is 1. The summed E-state index contributed by atoms with van der Waals surface area (Å²) in [6, 6.07) is 7.68. The van der Waals surface area contributed by atoms with Gasteiger partial charge >= 0.3 is 11.8 Å². The Balaban J connectivity index is 1.30.